The molecule has 0 radical (unpaired) electrons. The number of rotatable bonds is 10. The van der Waals surface area contributed by atoms with Gasteiger partial charge in [-0.05, 0) is 87.5 Å². The van der Waals surface area contributed by atoms with Gasteiger partial charge in [0.15, 0.2) is 11.6 Å². The average molecular weight is 565 g/mol. The summed E-state index contributed by atoms with van der Waals surface area (Å²) in [5.41, 5.74) is 8.82. The summed E-state index contributed by atoms with van der Waals surface area (Å²) in [6, 6.07) is 0. The fraction of sp³-hybridized carbons (Fsp3) is 0.400. The minimum absolute atomic E-state index is 0.0404. The molecule has 2 nitrogen and oxygen atoms in total. The zero-order valence-electron chi connectivity index (χ0n) is 27.7. The van der Waals surface area contributed by atoms with Crippen molar-refractivity contribution in [1.82, 2.24) is 0 Å². The first-order valence-electron chi connectivity index (χ1n) is 15.2. The summed E-state index contributed by atoms with van der Waals surface area (Å²) in [5.74, 6) is 0.542. The van der Waals surface area contributed by atoms with E-state index in [0.717, 1.165) is 57.4 Å². The quantitative estimate of drug-likeness (QED) is 0.247. The van der Waals surface area contributed by atoms with Gasteiger partial charge in [-0.25, -0.2) is 0 Å². The molecule has 0 fully saturated rings. The molecule has 0 heterocycles. The van der Waals surface area contributed by atoms with Gasteiger partial charge in [0.05, 0.1) is 0 Å². The second-order valence-electron chi connectivity index (χ2n) is 13.1. The number of Topliss-reactive ketones (excluding diaryl/α,β-unsaturated/α-hetero) is 2. The normalized spacial score (nSPS) is 21.6. The van der Waals surface area contributed by atoms with Crippen molar-refractivity contribution in [2.45, 2.75) is 94.9 Å². The lowest BCUT2D eigenvalue weighted by Gasteiger charge is -2.32. The molecule has 0 aromatic rings. The summed E-state index contributed by atoms with van der Waals surface area (Å²) in [4.78, 5) is 24.3. The SMILES string of the molecule is CC1=C(\C=C/C(C)=C/C=C/C(C)=C/C=C/C=C(C)\C=C\C=C(C)\C=C\C2=C(C)C(=O)CCC2(C)C)C(C)(C)CCC1=O. The molecule has 2 heteroatoms. The fourth-order valence-corrected chi connectivity index (χ4v) is 5.28. The lowest BCUT2D eigenvalue weighted by molar-refractivity contribution is -0.117. The molecule has 2 aliphatic rings. The van der Waals surface area contributed by atoms with Gasteiger partial charge < -0.3 is 0 Å². The zero-order valence-corrected chi connectivity index (χ0v) is 27.7. The number of carbonyl (C=O) groups is 2. The van der Waals surface area contributed by atoms with Crippen LogP contribution in [0.5, 0.6) is 0 Å². The molecule has 224 valence electrons. The highest BCUT2D eigenvalue weighted by Crippen LogP contribution is 2.40. The van der Waals surface area contributed by atoms with E-state index in [0.29, 0.717) is 12.8 Å². The monoisotopic (exact) mass is 564 g/mol. The largest absolute Gasteiger partial charge is 0.295 e. The Morgan fingerprint density at radius 3 is 1.19 bits per heavy atom. The van der Waals surface area contributed by atoms with E-state index in [2.05, 4.69) is 140 Å². The van der Waals surface area contributed by atoms with Crippen molar-refractivity contribution in [3.05, 3.63) is 130 Å². The van der Waals surface area contributed by atoms with E-state index in [-0.39, 0.29) is 22.4 Å². The molecule has 0 atom stereocenters. The van der Waals surface area contributed by atoms with Gasteiger partial charge in [-0.3, -0.25) is 9.59 Å². The predicted molar refractivity (Wildman–Crippen MR) is 182 cm³/mol. The van der Waals surface area contributed by atoms with Crippen LogP contribution in [0.3, 0.4) is 0 Å². The van der Waals surface area contributed by atoms with Crippen LogP contribution in [-0.4, -0.2) is 11.6 Å². The Kier molecular flexibility index (Phi) is 12.9. The van der Waals surface area contributed by atoms with Crippen LogP contribution >= 0.6 is 0 Å². The molecule has 0 bridgehead atoms. The van der Waals surface area contributed by atoms with Gasteiger partial charge in [0.2, 0.25) is 0 Å². The third kappa shape index (κ3) is 10.7. The van der Waals surface area contributed by atoms with Crippen molar-refractivity contribution in [1.29, 1.82) is 0 Å². The van der Waals surface area contributed by atoms with Gasteiger partial charge in [0.25, 0.3) is 0 Å². The maximum absolute atomic E-state index is 12.2. The van der Waals surface area contributed by atoms with E-state index >= 15 is 0 Å². The summed E-state index contributed by atoms with van der Waals surface area (Å²) >= 11 is 0. The Balaban J connectivity index is 1.93. The van der Waals surface area contributed by atoms with Crippen molar-refractivity contribution in [3.8, 4) is 0 Å². The van der Waals surface area contributed by atoms with E-state index in [9.17, 15) is 9.59 Å². The first-order chi connectivity index (χ1) is 19.6. The smallest absolute Gasteiger partial charge is 0.158 e. The molecule has 0 aromatic heterocycles. The molecule has 2 aliphatic carbocycles. The van der Waals surface area contributed by atoms with Crippen molar-refractivity contribution in [3.63, 3.8) is 0 Å². The van der Waals surface area contributed by atoms with Gasteiger partial charge in [0.1, 0.15) is 0 Å². The summed E-state index contributed by atoms with van der Waals surface area (Å²) in [7, 11) is 0. The number of allylic oxidation sites excluding steroid dienone is 22. The summed E-state index contributed by atoms with van der Waals surface area (Å²) < 4.78 is 0. The third-order valence-electron chi connectivity index (χ3n) is 8.35. The van der Waals surface area contributed by atoms with Gasteiger partial charge in [-0.15, -0.1) is 0 Å². The fourth-order valence-electron chi connectivity index (χ4n) is 5.28. The third-order valence-corrected chi connectivity index (χ3v) is 8.35. The highest BCUT2D eigenvalue weighted by molar-refractivity contribution is 5.97. The Hall–Kier alpha value is -3.52. The van der Waals surface area contributed by atoms with Crippen LogP contribution in [0.25, 0.3) is 0 Å². The maximum atomic E-state index is 12.2. The van der Waals surface area contributed by atoms with E-state index < -0.39 is 0 Å². The molecule has 2 rings (SSSR count). The highest BCUT2D eigenvalue weighted by Gasteiger charge is 2.31. The Morgan fingerprint density at radius 2 is 0.833 bits per heavy atom. The average Bonchev–Trinajstić information content (AvgIpc) is 2.91. The molecule has 0 spiro atoms. The Morgan fingerprint density at radius 1 is 0.524 bits per heavy atom. The van der Waals surface area contributed by atoms with Crippen molar-refractivity contribution >= 4 is 11.6 Å². The number of hydrogen-bond acceptors (Lipinski definition) is 2. The summed E-state index contributed by atoms with van der Waals surface area (Å²) in [6.45, 7) is 21.1. The van der Waals surface area contributed by atoms with Gasteiger partial charge in [0, 0.05) is 12.8 Å². The molecule has 0 amide bonds. The minimum Gasteiger partial charge on any atom is -0.295 e. The first-order valence-corrected chi connectivity index (χ1v) is 15.2. The second kappa shape index (κ2) is 15.6. The predicted octanol–water partition coefficient (Wildman–Crippen LogP) is 11.0. The van der Waals surface area contributed by atoms with Crippen LogP contribution in [0.1, 0.15) is 94.9 Å². The molecule has 0 aliphatic heterocycles. The van der Waals surface area contributed by atoms with E-state index in [1.807, 2.05) is 13.8 Å². The van der Waals surface area contributed by atoms with Crippen molar-refractivity contribution in [2.75, 3.05) is 0 Å². The number of hydrogen-bond donors (Lipinski definition) is 0. The lowest BCUT2D eigenvalue weighted by Crippen LogP contribution is -2.24. The Bertz CT molecular complexity index is 1270. The summed E-state index contributed by atoms with van der Waals surface area (Å²) in [5, 5.41) is 0. The van der Waals surface area contributed by atoms with Crippen LogP contribution in [0, 0.1) is 10.8 Å². The molecule has 0 saturated carbocycles. The van der Waals surface area contributed by atoms with Crippen LogP contribution < -0.4 is 0 Å². The van der Waals surface area contributed by atoms with Crippen molar-refractivity contribution < 1.29 is 9.59 Å². The van der Waals surface area contributed by atoms with Crippen molar-refractivity contribution in [2.24, 2.45) is 10.8 Å². The molecular formula is C40H52O2. The van der Waals surface area contributed by atoms with Gasteiger partial charge >= 0.3 is 0 Å². The molecular weight excluding hydrogens is 512 g/mol. The first kappa shape index (κ1) is 34.7. The number of ketones is 2. The van der Waals surface area contributed by atoms with E-state index in [1.54, 1.807) is 0 Å². The van der Waals surface area contributed by atoms with Crippen LogP contribution in [0.4, 0.5) is 0 Å². The molecule has 0 unspecified atom stereocenters. The van der Waals surface area contributed by atoms with Crippen LogP contribution in [0.2, 0.25) is 0 Å². The van der Waals surface area contributed by atoms with Crippen LogP contribution in [-0.2, 0) is 9.59 Å². The highest BCUT2D eigenvalue weighted by atomic mass is 16.1. The minimum atomic E-state index is 0.0404. The topological polar surface area (TPSA) is 34.1 Å². The molecule has 42 heavy (non-hydrogen) atoms. The van der Waals surface area contributed by atoms with Gasteiger partial charge in [-0.2, -0.15) is 0 Å². The lowest BCUT2D eigenvalue weighted by atomic mass is 9.72. The van der Waals surface area contributed by atoms with Crippen LogP contribution in [0.15, 0.2) is 130 Å². The zero-order chi connectivity index (χ0) is 31.5. The van der Waals surface area contributed by atoms with E-state index in [1.165, 1.54) is 0 Å². The second-order valence-corrected chi connectivity index (χ2v) is 13.1. The molecule has 0 saturated heterocycles. The van der Waals surface area contributed by atoms with E-state index in [4.69, 9.17) is 0 Å². The number of carbonyl (C=O) groups excluding carboxylic acids is 2. The Labute approximate surface area is 256 Å². The maximum Gasteiger partial charge on any atom is 0.158 e. The standard InChI is InChI=1S/C40H52O2/c1-29(17-13-19-31(3)21-23-35-33(5)37(41)25-27-39(35,7)8)15-11-12-16-30(2)18-14-20-32(4)22-24-36-34(6)38(42)26-28-40(36,9)10/h11-24H,25-28H2,1-10H3/b12-11+,17-13+,18-14+,23-21-,24-22+,29-15+,30-16-,31-19+,32-20+. The molecule has 0 aromatic carbocycles. The summed E-state index contributed by atoms with van der Waals surface area (Å²) in [6.07, 6.45) is 32.4. The molecule has 0 N–H and O–H groups in total. The van der Waals surface area contributed by atoms with Gasteiger partial charge in [-0.1, -0.05) is 135 Å².